The van der Waals surface area contributed by atoms with E-state index in [9.17, 15) is 14.7 Å². The van der Waals surface area contributed by atoms with Crippen LogP contribution in [0.1, 0.15) is 29.6 Å². The monoisotopic (exact) mass is 360 g/mol. The third kappa shape index (κ3) is 3.99. The van der Waals surface area contributed by atoms with Gasteiger partial charge in [-0.25, -0.2) is 0 Å². The minimum Gasteiger partial charge on any atom is -0.396 e. The summed E-state index contributed by atoms with van der Waals surface area (Å²) in [7, 11) is 4.15. The molecule has 1 fully saturated rings. The number of piperidine rings is 1. The third-order valence-electron chi connectivity index (χ3n) is 5.36. The first-order valence-corrected chi connectivity index (χ1v) is 9.24. The summed E-state index contributed by atoms with van der Waals surface area (Å²) in [6.45, 7) is 1.86. The Balaban J connectivity index is 1.73. The predicted molar refractivity (Wildman–Crippen MR) is 101 cm³/mol. The normalized spacial score (nSPS) is 22.6. The van der Waals surface area contributed by atoms with Crippen molar-refractivity contribution in [2.24, 2.45) is 5.92 Å². The Morgan fingerprint density at radius 1 is 1.35 bits per heavy atom. The quantitative estimate of drug-likeness (QED) is 0.735. The standard InChI is InChI=1S/C19H28N4O3/c1-22(2)17-7-8-23(12-14(17)4-3-9-24)19(26)13-5-6-15-16(10-13)21-18(25)11-20-15/h5-6,10,14,17,20,24H,3-4,7-9,11-12H2,1-2H3,(H,21,25)/t14-,17+/m1/s1. The van der Waals surface area contributed by atoms with Crippen LogP contribution >= 0.6 is 0 Å². The molecule has 0 saturated carbocycles. The second kappa shape index (κ2) is 8.05. The van der Waals surface area contributed by atoms with Gasteiger partial charge in [0.2, 0.25) is 5.91 Å². The Kier molecular flexibility index (Phi) is 5.78. The van der Waals surface area contributed by atoms with Gasteiger partial charge in [-0.3, -0.25) is 9.59 Å². The molecule has 26 heavy (non-hydrogen) atoms. The van der Waals surface area contributed by atoms with E-state index in [4.69, 9.17) is 0 Å². The van der Waals surface area contributed by atoms with Crippen molar-refractivity contribution in [1.29, 1.82) is 0 Å². The molecule has 1 aromatic carbocycles. The van der Waals surface area contributed by atoms with E-state index in [-0.39, 0.29) is 25.0 Å². The Hall–Kier alpha value is -2.12. The van der Waals surface area contributed by atoms with Crippen LogP contribution in [0.4, 0.5) is 11.4 Å². The van der Waals surface area contributed by atoms with Gasteiger partial charge in [-0.2, -0.15) is 0 Å². The van der Waals surface area contributed by atoms with Crippen molar-refractivity contribution in [2.45, 2.75) is 25.3 Å². The van der Waals surface area contributed by atoms with E-state index in [1.165, 1.54) is 0 Å². The van der Waals surface area contributed by atoms with Crippen LogP contribution in [0.3, 0.4) is 0 Å². The van der Waals surface area contributed by atoms with E-state index >= 15 is 0 Å². The molecule has 3 N–H and O–H groups in total. The molecule has 2 heterocycles. The Morgan fingerprint density at radius 2 is 2.15 bits per heavy atom. The zero-order valence-electron chi connectivity index (χ0n) is 15.5. The summed E-state index contributed by atoms with van der Waals surface area (Å²) in [5, 5.41) is 15.0. The molecule has 7 nitrogen and oxygen atoms in total. The highest BCUT2D eigenvalue weighted by atomic mass is 16.3. The fraction of sp³-hybridized carbons (Fsp3) is 0.579. The third-order valence-corrected chi connectivity index (χ3v) is 5.36. The highest BCUT2D eigenvalue weighted by Crippen LogP contribution is 2.29. The first-order chi connectivity index (χ1) is 12.5. The molecule has 2 atom stereocenters. The number of aliphatic hydroxyl groups is 1. The van der Waals surface area contributed by atoms with Crippen molar-refractivity contribution < 1.29 is 14.7 Å². The van der Waals surface area contributed by atoms with Crippen LogP contribution in [0.2, 0.25) is 0 Å². The number of carbonyl (C=O) groups excluding carboxylic acids is 2. The molecule has 2 aliphatic heterocycles. The number of nitrogens with zero attached hydrogens (tertiary/aromatic N) is 2. The molecule has 0 unspecified atom stereocenters. The van der Waals surface area contributed by atoms with Gasteiger partial charge in [0.05, 0.1) is 17.9 Å². The summed E-state index contributed by atoms with van der Waals surface area (Å²) in [5.74, 6) is 0.255. The fourth-order valence-corrected chi connectivity index (χ4v) is 4.01. The first kappa shape index (κ1) is 18.7. The number of likely N-dealkylation sites (tertiary alicyclic amines) is 1. The van der Waals surface area contributed by atoms with Crippen LogP contribution in [0, 0.1) is 5.92 Å². The molecular formula is C19H28N4O3. The summed E-state index contributed by atoms with van der Waals surface area (Å²) in [5.41, 5.74) is 2.09. The zero-order valence-corrected chi connectivity index (χ0v) is 15.5. The van der Waals surface area contributed by atoms with Crippen molar-refractivity contribution in [3.05, 3.63) is 23.8 Å². The van der Waals surface area contributed by atoms with Crippen LogP contribution in [0.25, 0.3) is 0 Å². The minimum absolute atomic E-state index is 0.00109. The van der Waals surface area contributed by atoms with Gasteiger partial charge in [0, 0.05) is 31.3 Å². The van der Waals surface area contributed by atoms with Crippen LogP contribution in [-0.4, -0.2) is 73.1 Å². The SMILES string of the molecule is CN(C)[C@H]1CCN(C(=O)c2ccc3c(c2)NC(=O)CN3)C[C@H]1CCCO. The number of amides is 2. The second-order valence-electron chi connectivity index (χ2n) is 7.36. The molecule has 0 radical (unpaired) electrons. The second-order valence-corrected chi connectivity index (χ2v) is 7.36. The zero-order chi connectivity index (χ0) is 18.7. The molecule has 3 rings (SSSR count). The molecule has 0 spiro atoms. The molecule has 142 valence electrons. The summed E-state index contributed by atoms with van der Waals surface area (Å²) >= 11 is 0. The molecule has 1 aromatic rings. The van der Waals surface area contributed by atoms with Gasteiger partial charge in [-0.05, 0) is 57.5 Å². The number of aliphatic hydroxyl groups excluding tert-OH is 1. The van der Waals surface area contributed by atoms with Gasteiger partial charge in [0.25, 0.3) is 5.91 Å². The summed E-state index contributed by atoms with van der Waals surface area (Å²) in [6.07, 6.45) is 2.60. The van der Waals surface area contributed by atoms with Crippen molar-refractivity contribution >= 4 is 23.2 Å². The first-order valence-electron chi connectivity index (χ1n) is 9.24. The predicted octanol–water partition coefficient (Wildman–Crippen LogP) is 1.22. The smallest absolute Gasteiger partial charge is 0.253 e. The van der Waals surface area contributed by atoms with E-state index in [1.54, 1.807) is 6.07 Å². The summed E-state index contributed by atoms with van der Waals surface area (Å²) in [4.78, 5) is 28.7. The number of rotatable bonds is 5. The van der Waals surface area contributed by atoms with Gasteiger partial charge in [-0.15, -0.1) is 0 Å². The molecule has 1 saturated heterocycles. The van der Waals surface area contributed by atoms with Gasteiger partial charge in [0.1, 0.15) is 0 Å². The maximum Gasteiger partial charge on any atom is 0.253 e. The highest BCUT2D eigenvalue weighted by Gasteiger charge is 2.32. The van der Waals surface area contributed by atoms with Crippen LogP contribution in [-0.2, 0) is 4.79 Å². The van der Waals surface area contributed by atoms with Crippen molar-refractivity contribution in [3.8, 4) is 0 Å². The average molecular weight is 360 g/mol. The van der Waals surface area contributed by atoms with Gasteiger partial charge >= 0.3 is 0 Å². The molecule has 2 aliphatic rings. The van der Waals surface area contributed by atoms with E-state index in [2.05, 4.69) is 29.6 Å². The lowest BCUT2D eigenvalue weighted by Gasteiger charge is -2.41. The molecular weight excluding hydrogens is 332 g/mol. The van der Waals surface area contributed by atoms with Gasteiger partial charge in [0.15, 0.2) is 0 Å². The van der Waals surface area contributed by atoms with Gasteiger partial charge in [-0.1, -0.05) is 0 Å². The highest BCUT2D eigenvalue weighted by molar-refractivity contribution is 6.03. The fourth-order valence-electron chi connectivity index (χ4n) is 4.01. The van der Waals surface area contributed by atoms with E-state index in [0.717, 1.165) is 31.5 Å². The number of anilines is 2. The number of nitrogens with one attached hydrogen (secondary N) is 2. The number of benzene rings is 1. The Bertz CT molecular complexity index is 677. The number of hydrogen-bond acceptors (Lipinski definition) is 5. The number of fused-ring (bicyclic) bond motifs is 1. The number of carbonyl (C=O) groups is 2. The molecule has 0 aliphatic carbocycles. The maximum atomic E-state index is 13.0. The van der Waals surface area contributed by atoms with E-state index in [0.29, 0.717) is 29.8 Å². The minimum atomic E-state index is -0.0991. The Labute approximate surface area is 154 Å². The molecule has 7 heteroatoms. The lowest BCUT2D eigenvalue weighted by atomic mass is 9.87. The van der Waals surface area contributed by atoms with Crippen molar-refractivity contribution in [2.75, 3.05) is 51.0 Å². The molecule has 2 amide bonds. The summed E-state index contributed by atoms with van der Waals surface area (Å²) < 4.78 is 0. The number of hydrogen-bond donors (Lipinski definition) is 3. The summed E-state index contributed by atoms with van der Waals surface area (Å²) in [6, 6.07) is 5.84. The van der Waals surface area contributed by atoms with Crippen LogP contribution in [0.15, 0.2) is 18.2 Å². The lowest BCUT2D eigenvalue weighted by Crippen LogP contribution is -2.50. The molecule has 0 aromatic heterocycles. The molecule has 0 bridgehead atoms. The van der Waals surface area contributed by atoms with Crippen molar-refractivity contribution in [1.82, 2.24) is 9.80 Å². The lowest BCUT2D eigenvalue weighted by molar-refractivity contribution is -0.114. The van der Waals surface area contributed by atoms with E-state index in [1.807, 2.05) is 17.0 Å². The van der Waals surface area contributed by atoms with Crippen molar-refractivity contribution in [3.63, 3.8) is 0 Å². The van der Waals surface area contributed by atoms with Crippen LogP contribution in [0.5, 0.6) is 0 Å². The average Bonchev–Trinajstić information content (AvgIpc) is 2.64. The van der Waals surface area contributed by atoms with Gasteiger partial charge < -0.3 is 25.5 Å². The van der Waals surface area contributed by atoms with Crippen LogP contribution < -0.4 is 10.6 Å². The Morgan fingerprint density at radius 3 is 2.88 bits per heavy atom. The van der Waals surface area contributed by atoms with E-state index < -0.39 is 0 Å². The maximum absolute atomic E-state index is 13.0. The largest absolute Gasteiger partial charge is 0.396 e. The topological polar surface area (TPSA) is 84.9 Å².